The Hall–Kier alpha value is -1.38. The van der Waals surface area contributed by atoms with Crippen molar-refractivity contribution >= 4 is 41.5 Å². The van der Waals surface area contributed by atoms with Crippen LogP contribution in [0.25, 0.3) is 0 Å². The smallest absolute Gasteiger partial charge is 0.243 e. The summed E-state index contributed by atoms with van der Waals surface area (Å²) in [4.78, 5) is 18.3. The van der Waals surface area contributed by atoms with E-state index in [1.165, 1.54) is 12.1 Å². The molecule has 1 fully saturated rings. The van der Waals surface area contributed by atoms with Crippen LogP contribution in [0, 0.1) is 11.2 Å². The highest BCUT2D eigenvalue weighted by Gasteiger charge is 2.30. The highest BCUT2D eigenvalue weighted by molar-refractivity contribution is 14.0. The second kappa shape index (κ2) is 8.47. The van der Waals surface area contributed by atoms with Gasteiger partial charge in [0.15, 0.2) is 5.96 Å². The minimum absolute atomic E-state index is 0. The number of halogens is 2. The van der Waals surface area contributed by atoms with Gasteiger partial charge in [-0.25, -0.2) is 4.39 Å². The van der Waals surface area contributed by atoms with Crippen LogP contribution in [0.2, 0.25) is 0 Å². The van der Waals surface area contributed by atoms with Crippen LogP contribution >= 0.6 is 24.0 Å². The summed E-state index contributed by atoms with van der Waals surface area (Å²) in [5.41, 5.74) is 0.714. The van der Waals surface area contributed by atoms with Gasteiger partial charge in [0.2, 0.25) is 5.91 Å². The second-order valence-corrected chi connectivity index (χ2v) is 6.30. The van der Waals surface area contributed by atoms with Crippen LogP contribution in [0.4, 0.5) is 10.1 Å². The van der Waals surface area contributed by atoms with Crippen molar-refractivity contribution in [2.24, 2.45) is 10.4 Å². The van der Waals surface area contributed by atoms with Crippen LogP contribution in [0.5, 0.6) is 0 Å². The zero-order valence-corrected chi connectivity index (χ0v) is 16.1. The summed E-state index contributed by atoms with van der Waals surface area (Å²) in [6.45, 7) is 6.38. The largest absolute Gasteiger partial charge is 0.347 e. The molecular weight excluding hydrogens is 410 g/mol. The molecule has 7 heteroatoms. The molecule has 0 bridgehead atoms. The van der Waals surface area contributed by atoms with Gasteiger partial charge in [0.25, 0.3) is 0 Å². The molecule has 1 aliphatic rings. The van der Waals surface area contributed by atoms with Gasteiger partial charge in [0, 0.05) is 25.8 Å². The molecule has 0 radical (unpaired) electrons. The van der Waals surface area contributed by atoms with Crippen LogP contribution in [0.1, 0.15) is 20.3 Å². The number of hydrogen-bond donors (Lipinski definition) is 2. The standard InChI is InChI=1S/C16H23FN4O.HI/c1-16(2)7-8-21(11-16)15(18-3)19-10-14(22)20-13-6-4-5-12(17)9-13;/h4-6,9H,7-8,10-11H2,1-3H3,(H,18,19)(H,20,22);1H. The number of carbonyl (C=O) groups is 1. The first-order valence-electron chi connectivity index (χ1n) is 7.41. The first-order chi connectivity index (χ1) is 10.4. The molecule has 0 saturated carbocycles. The molecule has 1 heterocycles. The van der Waals surface area contributed by atoms with Crippen molar-refractivity contribution in [3.8, 4) is 0 Å². The van der Waals surface area contributed by atoms with E-state index in [2.05, 4.69) is 34.4 Å². The van der Waals surface area contributed by atoms with Gasteiger partial charge < -0.3 is 15.5 Å². The molecule has 0 atom stereocenters. The number of likely N-dealkylation sites (tertiary alicyclic amines) is 1. The van der Waals surface area contributed by atoms with Crippen LogP contribution in [-0.2, 0) is 4.79 Å². The summed E-state index contributed by atoms with van der Waals surface area (Å²) in [6.07, 6.45) is 1.10. The maximum Gasteiger partial charge on any atom is 0.243 e. The van der Waals surface area contributed by atoms with Crippen LogP contribution in [0.15, 0.2) is 29.3 Å². The lowest BCUT2D eigenvalue weighted by molar-refractivity contribution is -0.115. The van der Waals surface area contributed by atoms with E-state index in [-0.39, 0.29) is 47.7 Å². The van der Waals surface area contributed by atoms with Gasteiger partial charge in [-0.2, -0.15) is 0 Å². The number of hydrogen-bond acceptors (Lipinski definition) is 2. The molecule has 128 valence electrons. The van der Waals surface area contributed by atoms with Gasteiger partial charge in [-0.1, -0.05) is 19.9 Å². The van der Waals surface area contributed by atoms with Gasteiger partial charge in [-0.15, -0.1) is 24.0 Å². The molecule has 0 aromatic heterocycles. The minimum atomic E-state index is -0.374. The molecule has 5 nitrogen and oxygen atoms in total. The van der Waals surface area contributed by atoms with E-state index in [1.807, 2.05) is 0 Å². The summed E-state index contributed by atoms with van der Waals surface area (Å²) < 4.78 is 13.1. The molecule has 1 aromatic carbocycles. The Labute approximate surface area is 153 Å². The molecule has 2 N–H and O–H groups in total. The Bertz CT molecular complexity index is 577. The van der Waals surface area contributed by atoms with E-state index in [1.54, 1.807) is 19.2 Å². The number of aliphatic imine (C=N–C) groups is 1. The third kappa shape index (κ3) is 5.96. The number of nitrogens with zero attached hydrogens (tertiary/aromatic N) is 2. The van der Waals surface area contributed by atoms with Gasteiger partial charge >= 0.3 is 0 Å². The number of nitrogens with one attached hydrogen (secondary N) is 2. The maximum absolute atomic E-state index is 13.1. The molecular formula is C16H24FIN4O. The Morgan fingerprint density at radius 2 is 2.17 bits per heavy atom. The zero-order chi connectivity index (χ0) is 16.2. The van der Waals surface area contributed by atoms with Gasteiger partial charge in [-0.05, 0) is 30.0 Å². The fourth-order valence-corrected chi connectivity index (χ4v) is 2.56. The van der Waals surface area contributed by atoms with Gasteiger partial charge in [0.05, 0.1) is 6.54 Å². The van der Waals surface area contributed by atoms with Crippen molar-refractivity contribution in [1.82, 2.24) is 10.2 Å². The summed E-state index contributed by atoms with van der Waals surface area (Å²) in [7, 11) is 1.71. The van der Waals surface area contributed by atoms with E-state index < -0.39 is 0 Å². The minimum Gasteiger partial charge on any atom is -0.347 e. The summed E-state index contributed by atoms with van der Waals surface area (Å²) in [5, 5.41) is 5.71. The highest BCUT2D eigenvalue weighted by atomic mass is 127. The van der Waals surface area contributed by atoms with E-state index >= 15 is 0 Å². The lowest BCUT2D eigenvalue weighted by Gasteiger charge is -2.23. The van der Waals surface area contributed by atoms with E-state index in [4.69, 9.17) is 0 Å². The monoisotopic (exact) mass is 434 g/mol. The third-order valence-corrected chi connectivity index (χ3v) is 3.70. The SMILES string of the molecule is CN=C(NCC(=O)Nc1cccc(F)c1)N1CCC(C)(C)C1.I. The lowest BCUT2D eigenvalue weighted by atomic mass is 9.93. The molecule has 2 rings (SSSR count). The number of carbonyl (C=O) groups excluding carboxylic acids is 1. The Morgan fingerprint density at radius 3 is 2.74 bits per heavy atom. The quantitative estimate of drug-likeness (QED) is 0.437. The summed E-state index contributed by atoms with van der Waals surface area (Å²) in [6, 6.07) is 5.84. The number of guanidine groups is 1. The number of amides is 1. The molecule has 1 aliphatic heterocycles. The van der Waals surface area contributed by atoms with E-state index in [9.17, 15) is 9.18 Å². The van der Waals surface area contributed by atoms with Crippen LogP contribution < -0.4 is 10.6 Å². The molecule has 1 saturated heterocycles. The normalized spacial score (nSPS) is 16.7. The van der Waals surface area contributed by atoms with Crippen molar-refractivity contribution in [2.45, 2.75) is 20.3 Å². The third-order valence-electron chi connectivity index (χ3n) is 3.70. The molecule has 23 heavy (non-hydrogen) atoms. The Morgan fingerprint density at radius 1 is 1.43 bits per heavy atom. The first kappa shape index (κ1) is 19.7. The highest BCUT2D eigenvalue weighted by Crippen LogP contribution is 2.28. The average Bonchev–Trinajstić information content (AvgIpc) is 2.80. The van der Waals surface area contributed by atoms with Crippen molar-refractivity contribution in [3.05, 3.63) is 30.1 Å². The van der Waals surface area contributed by atoms with Gasteiger partial charge in [-0.3, -0.25) is 9.79 Å². The van der Waals surface area contributed by atoms with E-state index in [0.717, 1.165) is 25.5 Å². The van der Waals surface area contributed by atoms with E-state index in [0.29, 0.717) is 5.69 Å². The number of benzene rings is 1. The Balaban J connectivity index is 0.00000264. The second-order valence-electron chi connectivity index (χ2n) is 6.30. The number of anilines is 1. The zero-order valence-electron chi connectivity index (χ0n) is 13.7. The molecule has 1 aromatic rings. The average molecular weight is 434 g/mol. The van der Waals surface area contributed by atoms with Crippen LogP contribution in [0.3, 0.4) is 0 Å². The topological polar surface area (TPSA) is 56.7 Å². The summed E-state index contributed by atoms with van der Waals surface area (Å²) in [5.74, 6) is 0.117. The van der Waals surface area contributed by atoms with Crippen LogP contribution in [-0.4, -0.2) is 43.4 Å². The van der Waals surface area contributed by atoms with Crippen molar-refractivity contribution in [3.63, 3.8) is 0 Å². The molecule has 0 spiro atoms. The predicted molar refractivity (Wildman–Crippen MR) is 102 cm³/mol. The van der Waals surface area contributed by atoms with Crippen molar-refractivity contribution in [1.29, 1.82) is 0 Å². The fourth-order valence-electron chi connectivity index (χ4n) is 2.56. The molecule has 0 aliphatic carbocycles. The maximum atomic E-state index is 13.1. The predicted octanol–water partition coefficient (Wildman–Crippen LogP) is 2.69. The Kier molecular flexibility index (Phi) is 7.24. The first-order valence-corrected chi connectivity index (χ1v) is 7.41. The fraction of sp³-hybridized carbons (Fsp3) is 0.500. The molecule has 0 unspecified atom stereocenters. The number of rotatable bonds is 3. The summed E-state index contributed by atoms with van der Waals surface area (Å²) >= 11 is 0. The molecule has 1 amide bonds. The lowest BCUT2D eigenvalue weighted by Crippen LogP contribution is -2.43. The van der Waals surface area contributed by atoms with Crippen molar-refractivity contribution in [2.75, 3.05) is 32.0 Å². The van der Waals surface area contributed by atoms with Crippen molar-refractivity contribution < 1.29 is 9.18 Å². The van der Waals surface area contributed by atoms with Gasteiger partial charge in [0.1, 0.15) is 5.82 Å².